The maximum Gasteiger partial charge on any atom is 0.276 e. The van der Waals surface area contributed by atoms with Crippen molar-refractivity contribution in [1.82, 2.24) is 20.2 Å². The molecule has 0 saturated heterocycles. The van der Waals surface area contributed by atoms with Gasteiger partial charge in [0.2, 0.25) is 0 Å². The van der Waals surface area contributed by atoms with Crippen molar-refractivity contribution in [2.24, 2.45) is 5.10 Å². The lowest BCUT2D eigenvalue weighted by atomic mass is 10.2. The Morgan fingerprint density at radius 3 is 2.54 bits per heavy atom. The third kappa shape index (κ3) is 6.47. The van der Waals surface area contributed by atoms with Crippen LogP contribution in [0.3, 0.4) is 0 Å². The zero-order valence-corrected chi connectivity index (χ0v) is 20.5. The van der Waals surface area contributed by atoms with Gasteiger partial charge in [-0.3, -0.25) is 19.5 Å². The zero-order valence-electron chi connectivity index (χ0n) is 19.7. The number of hydrogen-bond donors (Lipinski definition) is 1. The molecule has 10 nitrogen and oxygen atoms in total. The topological polar surface area (TPSA) is 125 Å². The van der Waals surface area contributed by atoms with Crippen LogP contribution >= 0.6 is 11.8 Å². The van der Waals surface area contributed by atoms with E-state index in [1.807, 2.05) is 59.2 Å². The number of amides is 1. The van der Waals surface area contributed by atoms with Gasteiger partial charge in [-0.1, -0.05) is 42.1 Å². The van der Waals surface area contributed by atoms with E-state index in [9.17, 15) is 14.9 Å². The van der Waals surface area contributed by atoms with Crippen LogP contribution in [0.4, 0.5) is 5.69 Å². The Balaban J connectivity index is 1.42. The lowest BCUT2D eigenvalue weighted by Gasteiger charge is -2.10. The third-order valence-electron chi connectivity index (χ3n) is 5.09. The molecule has 0 aliphatic heterocycles. The number of methoxy groups -OCH3 is 1. The van der Waals surface area contributed by atoms with Gasteiger partial charge in [-0.25, -0.2) is 5.43 Å². The Morgan fingerprint density at radius 1 is 1.08 bits per heavy atom. The van der Waals surface area contributed by atoms with E-state index in [1.165, 1.54) is 30.1 Å². The van der Waals surface area contributed by atoms with E-state index >= 15 is 0 Å². The Hall–Kier alpha value is -4.77. The summed E-state index contributed by atoms with van der Waals surface area (Å²) in [6.45, 7) is 0. The van der Waals surface area contributed by atoms with Gasteiger partial charge in [-0.2, -0.15) is 5.10 Å². The molecule has 0 fully saturated rings. The predicted octanol–water partition coefficient (Wildman–Crippen LogP) is 4.76. The minimum Gasteiger partial charge on any atom is -0.497 e. The van der Waals surface area contributed by atoms with Crippen LogP contribution in [0.25, 0.3) is 23.2 Å². The second-order valence-corrected chi connectivity index (χ2v) is 8.43. The van der Waals surface area contributed by atoms with Crippen molar-refractivity contribution in [3.63, 3.8) is 0 Å². The molecular weight excluding hydrogens is 492 g/mol. The van der Waals surface area contributed by atoms with Gasteiger partial charge in [0.15, 0.2) is 11.0 Å². The number of nitrogens with one attached hydrogen (secondary N) is 1. The number of carbonyl (C=O) groups excluding carboxylic acids is 1. The normalized spacial score (nSPS) is 11.2. The first-order chi connectivity index (χ1) is 18.1. The molecule has 0 bridgehead atoms. The molecule has 0 radical (unpaired) electrons. The molecule has 0 aliphatic carbocycles. The van der Waals surface area contributed by atoms with Gasteiger partial charge in [0, 0.05) is 23.5 Å². The highest BCUT2D eigenvalue weighted by Crippen LogP contribution is 2.29. The summed E-state index contributed by atoms with van der Waals surface area (Å²) in [4.78, 5) is 23.0. The number of carbonyl (C=O) groups is 1. The molecule has 0 atom stereocenters. The fourth-order valence-electron chi connectivity index (χ4n) is 3.36. The number of para-hydroxylation sites is 2. The second-order valence-electron chi connectivity index (χ2n) is 7.48. The average molecular weight is 515 g/mol. The van der Waals surface area contributed by atoms with Crippen LogP contribution in [0.2, 0.25) is 0 Å². The number of benzene rings is 3. The molecule has 0 aliphatic rings. The second kappa shape index (κ2) is 12.3. The summed E-state index contributed by atoms with van der Waals surface area (Å²) in [6, 6.07) is 23.5. The lowest BCUT2D eigenvalue weighted by Crippen LogP contribution is -2.19. The van der Waals surface area contributed by atoms with E-state index in [0.29, 0.717) is 16.5 Å². The van der Waals surface area contributed by atoms with Crippen molar-refractivity contribution in [2.45, 2.75) is 5.16 Å². The molecule has 4 rings (SSSR count). The van der Waals surface area contributed by atoms with Crippen LogP contribution in [-0.4, -0.2) is 44.7 Å². The van der Waals surface area contributed by atoms with Crippen LogP contribution in [-0.2, 0) is 4.79 Å². The fourth-order valence-corrected chi connectivity index (χ4v) is 4.10. The molecule has 0 saturated carbocycles. The van der Waals surface area contributed by atoms with Crippen LogP contribution < -0.4 is 10.2 Å². The molecule has 186 valence electrons. The van der Waals surface area contributed by atoms with Gasteiger partial charge in [0.1, 0.15) is 5.75 Å². The number of nitro groups is 1. The Labute approximate surface area is 216 Å². The van der Waals surface area contributed by atoms with Gasteiger partial charge >= 0.3 is 0 Å². The van der Waals surface area contributed by atoms with Crippen molar-refractivity contribution >= 4 is 35.6 Å². The van der Waals surface area contributed by atoms with Gasteiger partial charge in [-0.05, 0) is 54.6 Å². The molecule has 4 aromatic rings. The maximum atomic E-state index is 12.4. The Bertz CT molecular complexity index is 1440. The van der Waals surface area contributed by atoms with Crippen LogP contribution in [0.5, 0.6) is 5.75 Å². The number of ether oxygens (including phenoxy) is 1. The summed E-state index contributed by atoms with van der Waals surface area (Å²) in [7, 11) is 1.61. The van der Waals surface area contributed by atoms with Gasteiger partial charge in [0.25, 0.3) is 11.6 Å². The van der Waals surface area contributed by atoms with Crippen LogP contribution in [0, 0.1) is 10.1 Å². The molecule has 3 aromatic carbocycles. The largest absolute Gasteiger partial charge is 0.497 e. The van der Waals surface area contributed by atoms with E-state index in [1.54, 1.807) is 31.4 Å². The fraction of sp³-hybridized carbons (Fsp3) is 0.0769. The summed E-state index contributed by atoms with van der Waals surface area (Å²) in [5, 5.41) is 24.2. The first-order valence-electron chi connectivity index (χ1n) is 11.1. The molecule has 1 N–H and O–H groups in total. The number of rotatable bonds is 10. The summed E-state index contributed by atoms with van der Waals surface area (Å²) < 4.78 is 7.13. The summed E-state index contributed by atoms with van der Waals surface area (Å²) >= 11 is 1.22. The van der Waals surface area contributed by atoms with Crippen molar-refractivity contribution in [2.75, 3.05) is 12.9 Å². The van der Waals surface area contributed by atoms with E-state index in [0.717, 1.165) is 17.0 Å². The quantitative estimate of drug-likeness (QED) is 0.140. The predicted molar refractivity (Wildman–Crippen MR) is 143 cm³/mol. The lowest BCUT2D eigenvalue weighted by molar-refractivity contribution is -0.385. The summed E-state index contributed by atoms with van der Waals surface area (Å²) in [6.07, 6.45) is 4.42. The Kier molecular flexibility index (Phi) is 8.40. The molecule has 1 aromatic heterocycles. The highest BCUT2D eigenvalue weighted by atomic mass is 32.2. The molecule has 0 unspecified atom stereocenters. The minimum atomic E-state index is -0.454. The van der Waals surface area contributed by atoms with Crippen LogP contribution in [0.1, 0.15) is 5.56 Å². The number of hydrogen-bond acceptors (Lipinski definition) is 8. The highest BCUT2D eigenvalue weighted by molar-refractivity contribution is 7.99. The van der Waals surface area contributed by atoms with Gasteiger partial charge in [-0.15, -0.1) is 10.2 Å². The third-order valence-corrected chi connectivity index (χ3v) is 6.02. The molecule has 1 heterocycles. The maximum absolute atomic E-state index is 12.4. The number of nitro benzene ring substituents is 1. The Morgan fingerprint density at radius 2 is 1.81 bits per heavy atom. The molecule has 37 heavy (non-hydrogen) atoms. The standard InChI is InChI=1S/C26H22N6O4S/c1-36-22-15-13-20(14-16-22)25-29-30-26(31(25)21-10-3-2-4-11-21)37-18-24(33)28-27-17-7-9-19-8-5-6-12-23(19)32(34)35/h2-17H,18H2,1H3,(H,28,33)/b9-7+,27-17-. The van der Waals surface area contributed by atoms with Gasteiger partial charge in [0.05, 0.1) is 23.3 Å². The summed E-state index contributed by atoms with van der Waals surface area (Å²) in [5.41, 5.74) is 4.58. The number of thioether (sulfide) groups is 1. The first kappa shape index (κ1) is 25.3. The SMILES string of the molecule is COc1ccc(-c2nnc(SCC(=O)N/N=C\C=C\c3ccccc3[N+](=O)[O-])n2-c2ccccc2)cc1. The molecular formula is C26H22N6O4S. The van der Waals surface area contributed by atoms with Crippen molar-refractivity contribution in [3.8, 4) is 22.8 Å². The zero-order chi connectivity index (χ0) is 26.0. The van der Waals surface area contributed by atoms with E-state index < -0.39 is 4.92 Å². The van der Waals surface area contributed by atoms with E-state index in [-0.39, 0.29) is 17.3 Å². The number of nitrogens with zero attached hydrogens (tertiary/aromatic N) is 5. The van der Waals surface area contributed by atoms with E-state index in [2.05, 4.69) is 20.7 Å². The first-order valence-corrected chi connectivity index (χ1v) is 12.1. The van der Waals surface area contributed by atoms with Crippen LogP contribution in [0.15, 0.2) is 95.2 Å². The number of allylic oxidation sites excluding steroid dienone is 1. The molecule has 0 spiro atoms. The van der Waals surface area contributed by atoms with Crippen molar-refractivity contribution in [1.29, 1.82) is 0 Å². The van der Waals surface area contributed by atoms with Crippen molar-refractivity contribution in [3.05, 3.63) is 101 Å². The number of hydrazone groups is 1. The average Bonchev–Trinajstić information content (AvgIpc) is 3.36. The number of aromatic nitrogens is 3. The molecule has 1 amide bonds. The monoisotopic (exact) mass is 514 g/mol. The van der Waals surface area contributed by atoms with Gasteiger partial charge < -0.3 is 4.74 Å². The minimum absolute atomic E-state index is 0.0101. The van der Waals surface area contributed by atoms with E-state index in [4.69, 9.17) is 4.74 Å². The van der Waals surface area contributed by atoms with Crippen molar-refractivity contribution < 1.29 is 14.5 Å². The molecule has 11 heteroatoms. The highest BCUT2D eigenvalue weighted by Gasteiger charge is 2.17. The smallest absolute Gasteiger partial charge is 0.276 e. The summed E-state index contributed by atoms with van der Waals surface area (Å²) in [5.74, 6) is 1.08.